The molecule has 0 spiro atoms. The van der Waals surface area contributed by atoms with Crippen LogP contribution in [-0.2, 0) is 10.8 Å². The molecule has 0 radical (unpaired) electrons. The third-order valence-electron chi connectivity index (χ3n) is 17.0. The summed E-state index contributed by atoms with van der Waals surface area (Å²) in [5, 5.41) is 38.3. The fourth-order valence-corrected chi connectivity index (χ4v) is 16.1. The van der Waals surface area contributed by atoms with Gasteiger partial charge in [0.25, 0.3) is 0 Å². The van der Waals surface area contributed by atoms with Gasteiger partial charge in [0.15, 0.2) is 0 Å². The first kappa shape index (κ1) is 41.8. The number of anilines is 6. The molecule has 0 fully saturated rings. The van der Waals surface area contributed by atoms with Gasteiger partial charge in [-0.25, -0.2) is 0 Å². The van der Waals surface area contributed by atoms with Crippen molar-refractivity contribution >= 4 is 151 Å². The van der Waals surface area contributed by atoms with E-state index in [-0.39, 0.29) is 10.8 Å². The van der Waals surface area contributed by atoms with Crippen molar-refractivity contribution in [2.45, 2.75) is 38.5 Å². The Labute approximate surface area is 434 Å². The van der Waals surface area contributed by atoms with Crippen molar-refractivity contribution in [3.8, 4) is 12.1 Å². The van der Waals surface area contributed by atoms with Gasteiger partial charge in [-0.15, -0.1) is 22.7 Å². The van der Waals surface area contributed by atoms with E-state index in [1.165, 1.54) is 84.1 Å². The van der Waals surface area contributed by atoms with Gasteiger partial charge in [0, 0.05) is 74.1 Å². The monoisotopic (exact) mass is 978 g/mol. The summed E-state index contributed by atoms with van der Waals surface area (Å²) in [5.41, 5.74) is 12.0. The summed E-state index contributed by atoms with van der Waals surface area (Å²) in [6.45, 7) is 9.40. The number of fused-ring (bicyclic) bond motifs is 16. The molecule has 16 rings (SSSR count). The summed E-state index contributed by atoms with van der Waals surface area (Å²) in [5.74, 6) is 0. The van der Waals surface area contributed by atoms with Crippen LogP contribution in [0.15, 0.2) is 182 Å². The first-order valence-corrected chi connectivity index (χ1v) is 26.9. The lowest BCUT2D eigenvalue weighted by Crippen LogP contribution is -2.30. The van der Waals surface area contributed by atoms with E-state index in [9.17, 15) is 10.5 Å². The second kappa shape index (κ2) is 14.5. The van der Waals surface area contributed by atoms with Crippen LogP contribution in [-0.4, -0.2) is 0 Å². The molecule has 2 aromatic heterocycles. The summed E-state index contributed by atoms with van der Waals surface area (Å²) in [7, 11) is 0. The summed E-state index contributed by atoms with van der Waals surface area (Å²) in [6.07, 6.45) is 0. The fraction of sp³-hybridized carbons (Fsp3) is 0.0882. The van der Waals surface area contributed by atoms with Gasteiger partial charge in [-0.1, -0.05) is 161 Å². The molecule has 74 heavy (non-hydrogen) atoms. The van der Waals surface area contributed by atoms with Crippen molar-refractivity contribution in [3.63, 3.8) is 0 Å². The molecule has 0 aliphatic carbocycles. The summed E-state index contributed by atoms with van der Waals surface area (Å²) < 4.78 is 4.97. The van der Waals surface area contributed by atoms with Crippen LogP contribution in [0.2, 0.25) is 0 Å². The Kier molecular flexibility index (Phi) is 8.17. The predicted octanol–water partition coefficient (Wildman–Crippen LogP) is 19.6. The Hall–Kier alpha value is -8.78. The highest BCUT2D eigenvalue weighted by Crippen LogP contribution is 2.61. The molecular formula is C68H42N4S2. The molecule has 0 unspecified atom stereocenters. The molecule has 12 aromatic carbocycles. The van der Waals surface area contributed by atoms with Crippen molar-refractivity contribution < 1.29 is 0 Å². The second-order valence-electron chi connectivity index (χ2n) is 21.3. The highest BCUT2D eigenvalue weighted by atomic mass is 32.1. The van der Waals surface area contributed by atoms with Crippen molar-refractivity contribution in [3.05, 3.63) is 215 Å². The maximum Gasteiger partial charge on any atom is 0.0998 e. The minimum absolute atomic E-state index is 0.318. The van der Waals surface area contributed by atoms with E-state index in [1.54, 1.807) is 0 Å². The molecule has 4 heterocycles. The number of hydrogen-bond donors (Lipinski definition) is 0. The van der Waals surface area contributed by atoms with Gasteiger partial charge >= 0.3 is 0 Å². The minimum Gasteiger partial charge on any atom is -0.308 e. The Morgan fingerprint density at radius 2 is 0.757 bits per heavy atom. The molecule has 2 aliphatic heterocycles. The maximum absolute atomic E-state index is 11.3. The van der Waals surface area contributed by atoms with E-state index in [4.69, 9.17) is 0 Å². The number of nitrogens with zero attached hydrogens (tertiary/aromatic N) is 4. The Bertz CT molecular complexity index is 4650. The molecule has 0 bridgehead atoms. The lowest BCUT2D eigenvalue weighted by Gasteiger charge is -2.43. The molecular weight excluding hydrogens is 937 g/mol. The van der Waals surface area contributed by atoms with Crippen molar-refractivity contribution in [1.82, 2.24) is 0 Å². The van der Waals surface area contributed by atoms with Gasteiger partial charge in [0.05, 0.1) is 66.8 Å². The third-order valence-corrected chi connectivity index (χ3v) is 19.4. The summed E-state index contributed by atoms with van der Waals surface area (Å²) >= 11 is 3.72. The molecule has 0 amide bonds. The molecule has 346 valence electrons. The van der Waals surface area contributed by atoms with E-state index < -0.39 is 0 Å². The number of rotatable bonds is 2. The van der Waals surface area contributed by atoms with Crippen LogP contribution < -0.4 is 9.80 Å². The largest absolute Gasteiger partial charge is 0.308 e. The Morgan fingerprint density at radius 3 is 1.20 bits per heavy atom. The van der Waals surface area contributed by atoms with E-state index in [0.29, 0.717) is 11.1 Å². The number of hydrogen-bond acceptors (Lipinski definition) is 6. The SMILES string of the molecule is CC1(C)c2ccccc2N(c2ccc3c(C#N)cc4c(N5c6ccccc6C(C)(C)c6ccc7c(sc8ccc9ccccc9c87)c65)ccc5c(C#N)cc2c3c54)c2c1ccc1c2sc2ccc3ccccc3c21. The predicted molar refractivity (Wildman–Crippen MR) is 314 cm³/mol. The molecule has 6 heteroatoms. The first-order chi connectivity index (χ1) is 36.1. The summed E-state index contributed by atoms with van der Waals surface area (Å²) in [4.78, 5) is 4.97. The van der Waals surface area contributed by atoms with Gasteiger partial charge < -0.3 is 9.80 Å². The maximum atomic E-state index is 11.3. The number of nitriles is 2. The van der Waals surface area contributed by atoms with Gasteiger partial charge in [-0.2, -0.15) is 10.5 Å². The number of benzene rings is 12. The molecule has 0 N–H and O–H groups in total. The highest BCUT2D eigenvalue weighted by molar-refractivity contribution is 7.27. The van der Waals surface area contributed by atoms with Crippen LogP contribution in [0.1, 0.15) is 61.1 Å². The van der Waals surface area contributed by atoms with Gasteiger partial charge in [0.1, 0.15) is 0 Å². The zero-order chi connectivity index (χ0) is 49.5. The number of para-hydroxylation sites is 2. The van der Waals surface area contributed by atoms with Crippen LogP contribution in [0.4, 0.5) is 34.1 Å². The van der Waals surface area contributed by atoms with Crippen molar-refractivity contribution in [1.29, 1.82) is 10.5 Å². The minimum atomic E-state index is -0.318. The zero-order valence-electron chi connectivity index (χ0n) is 40.9. The smallest absolute Gasteiger partial charge is 0.0998 e. The summed E-state index contributed by atoms with van der Waals surface area (Å²) in [6, 6.07) is 71.8. The quantitative estimate of drug-likeness (QED) is 0.162. The Balaban J connectivity index is 1.03. The van der Waals surface area contributed by atoms with Crippen LogP contribution in [0.3, 0.4) is 0 Å². The third kappa shape index (κ3) is 5.19. The van der Waals surface area contributed by atoms with Crippen molar-refractivity contribution in [2.75, 3.05) is 9.80 Å². The molecule has 4 nitrogen and oxygen atoms in total. The molecule has 0 atom stereocenters. The van der Waals surface area contributed by atoms with E-state index in [1.807, 2.05) is 22.7 Å². The topological polar surface area (TPSA) is 54.1 Å². The average Bonchev–Trinajstić information content (AvgIpc) is 4.12. The van der Waals surface area contributed by atoms with Gasteiger partial charge in [-0.3, -0.25) is 0 Å². The van der Waals surface area contributed by atoms with Crippen molar-refractivity contribution in [2.24, 2.45) is 0 Å². The molecule has 2 aliphatic rings. The van der Waals surface area contributed by atoms with E-state index in [0.717, 1.165) is 66.4 Å². The zero-order valence-corrected chi connectivity index (χ0v) is 42.6. The second-order valence-corrected chi connectivity index (χ2v) is 23.4. The van der Waals surface area contributed by atoms with Crippen LogP contribution in [0, 0.1) is 22.7 Å². The van der Waals surface area contributed by atoms with E-state index >= 15 is 0 Å². The van der Waals surface area contributed by atoms with Crippen LogP contribution in [0.25, 0.3) is 94.2 Å². The van der Waals surface area contributed by atoms with Crippen LogP contribution in [0.5, 0.6) is 0 Å². The lowest BCUT2D eigenvalue weighted by molar-refractivity contribution is 0.633. The lowest BCUT2D eigenvalue weighted by atomic mass is 9.73. The normalized spacial score (nSPS) is 14.6. The molecule has 0 saturated heterocycles. The Morgan fingerprint density at radius 1 is 0.351 bits per heavy atom. The fourth-order valence-electron chi connectivity index (χ4n) is 13.6. The average molecular weight is 979 g/mol. The van der Waals surface area contributed by atoms with Crippen LogP contribution >= 0.6 is 22.7 Å². The van der Waals surface area contributed by atoms with E-state index in [2.05, 4.69) is 232 Å². The standard InChI is InChI=1S/C68H42N4S2/c1-67(2)49-17-9-11-19-55(49)71(63-51(67)27-23-45-59-41-15-7-5-13-37(41)21-31-57(59)73-65(45)63)53-29-25-43-40(36-70)34-48-54(30-26-44-39(35-69)33-47(53)61(43)62(44)48)72-56-20-12-10-18-50(56)68(3,4)52-28-24-46-60-42-16-8-6-14-38(42)22-32-58(60)74-66(46)64(52)72/h5-34H,1-4H3. The number of thiophene rings is 2. The van der Waals surface area contributed by atoms with Gasteiger partial charge in [-0.05, 0) is 92.3 Å². The van der Waals surface area contributed by atoms with Gasteiger partial charge in [0.2, 0.25) is 0 Å². The molecule has 0 saturated carbocycles. The molecule has 14 aromatic rings. The first-order valence-electron chi connectivity index (χ1n) is 25.3. The highest BCUT2D eigenvalue weighted by Gasteiger charge is 2.41.